The third-order valence-electron chi connectivity index (χ3n) is 1.53. The Kier molecular flexibility index (Phi) is 23.4. The van der Waals surface area contributed by atoms with Gasteiger partial charge in [0.1, 0.15) is 0 Å². The second-order valence-electron chi connectivity index (χ2n) is 3.02. The summed E-state index contributed by atoms with van der Waals surface area (Å²) in [5, 5.41) is 0. The summed E-state index contributed by atoms with van der Waals surface area (Å²) in [7, 11) is 0. The molecule has 0 unspecified atom stereocenters. The predicted molar refractivity (Wildman–Crippen MR) is 49.1 cm³/mol. The summed E-state index contributed by atoms with van der Waals surface area (Å²) in [6, 6.07) is 0. The molecule has 0 radical (unpaired) electrons. The van der Waals surface area contributed by atoms with Gasteiger partial charge in [-0.15, -0.1) is 0 Å². The fourth-order valence-corrected chi connectivity index (χ4v) is 0.905. The van der Waals surface area contributed by atoms with Crippen LogP contribution < -0.4 is 24.0 Å². The van der Waals surface area contributed by atoms with E-state index in [9.17, 15) is 0 Å². The van der Waals surface area contributed by atoms with Crippen LogP contribution in [0.25, 0.3) is 0 Å². The third kappa shape index (κ3) is 18.4. The van der Waals surface area contributed by atoms with Crippen molar-refractivity contribution >= 4 is 23.1 Å². The number of hydrogen-bond donors (Lipinski definition) is 0. The van der Waals surface area contributed by atoms with Gasteiger partial charge in [-0.2, -0.15) is 20.3 Å². The van der Waals surface area contributed by atoms with Crippen molar-refractivity contribution in [3.05, 3.63) is 5.92 Å². The Bertz CT molecular complexity index is 55.5. The molecule has 0 aliphatic carbocycles. The van der Waals surface area contributed by atoms with Gasteiger partial charge in [0.15, 0.2) is 0 Å². The molecule has 0 aromatic rings. The Balaban J connectivity index is -0.000000320. The van der Waals surface area contributed by atoms with Crippen molar-refractivity contribution in [3.8, 4) is 0 Å². The molecule has 0 atom stereocenters. The maximum Gasteiger partial charge on any atom is 2.00 e. The second kappa shape index (κ2) is 14.0. The monoisotopic (exact) mass is 278 g/mol. The summed E-state index contributed by atoms with van der Waals surface area (Å²) in [6.07, 6.45) is 6.91. The molecular weight excluding hydrogens is 259 g/mol. The maximum absolute atomic E-state index is 2.25. The summed E-state index contributed by atoms with van der Waals surface area (Å²) >= 11 is 0. The number of rotatable bonds is 5. The van der Waals surface area contributed by atoms with Crippen molar-refractivity contribution in [2.75, 3.05) is 0 Å². The first-order valence-corrected chi connectivity index (χ1v) is 4.06. The van der Waals surface area contributed by atoms with Crippen LogP contribution in [0.2, 0.25) is 0 Å². The van der Waals surface area contributed by atoms with E-state index < -0.39 is 0 Å². The Morgan fingerprint density at radius 3 is 1.91 bits per heavy atom. The van der Waals surface area contributed by atoms with Gasteiger partial charge in [-0.25, -0.2) is 0 Å². The van der Waals surface area contributed by atoms with Crippen molar-refractivity contribution in [2.45, 2.75) is 52.9 Å². The molecule has 0 saturated heterocycles. The third-order valence-corrected chi connectivity index (χ3v) is 1.53. The first-order valence-electron chi connectivity index (χ1n) is 4.06. The molecule has 0 spiro atoms. The minimum absolute atomic E-state index is 0. The molecule has 0 aliphatic heterocycles. The average Bonchev–Trinajstić information content (AvgIpc) is 1.80. The zero-order valence-electron chi connectivity index (χ0n) is 8.12. The van der Waals surface area contributed by atoms with Crippen molar-refractivity contribution in [1.82, 2.24) is 0 Å². The summed E-state index contributed by atoms with van der Waals surface area (Å²) in [4.78, 5) is 0. The minimum Gasteiger partial charge on any atom is -1.00 e. The summed E-state index contributed by atoms with van der Waals surface area (Å²) in [6.45, 7) is 6.68. The molecular formula is C9H19IMg. The molecule has 64 valence electrons. The number of unbranched alkanes of at least 4 members (excludes halogenated alkanes) is 3. The molecule has 0 fully saturated rings. The van der Waals surface area contributed by atoms with Gasteiger partial charge < -0.3 is 29.9 Å². The zero-order valence-corrected chi connectivity index (χ0v) is 11.7. The van der Waals surface area contributed by atoms with E-state index in [1.807, 2.05) is 0 Å². The van der Waals surface area contributed by atoms with E-state index in [0.717, 1.165) is 0 Å². The van der Waals surface area contributed by atoms with E-state index >= 15 is 0 Å². The molecule has 0 bridgehead atoms. The van der Waals surface area contributed by atoms with Crippen LogP contribution in [0.15, 0.2) is 0 Å². The normalized spacial score (nSPS) is 8.73. The molecule has 0 rings (SSSR count). The molecule has 0 heterocycles. The number of hydrogen-bond acceptors (Lipinski definition) is 0. The molecule has 0 N–H and O–H groups in total. The van der Waals surface area contributed by atoms with E-state index in [4.69, 9.17) is 0 Å². The van der Waals surface area contributed by atoms with Crippen molar-refractivity contribution in [3.63, 3.8) is 0 Å². The van der Waals surface area contributed by atoms with Crippen molar-refractivity contribution < 1.29 is 24.0 Å². The van der Waals surface area contributed by atoms with E-state index in [-0.39, 0.29) is 47.0 Å². The Morgan fingerprint density at radius 1 is 1.00 bits per heavy atom. The van der Waals surface area contributed by atoms with Gasteiger partial charge in [-0.3, -0.25) is 0 Å². The minimum atomic E-state index is 0. The fourth-order valence-electron chi connectivity index (χ4n) is 0.905. The summed E-state index contributed by atoms with van der Waals surface area (Å²) in [5.41, 5.74) is 0. The fraction of sp³-hybridized carbons (Fsp3) is 0.889. The summed E-state index contributed by atoms with van der Waals surface area (Å²) in [5.74, 6) is 1.58. The molecule has 0 amide bonds. The van der Waals surface area contributed by atoms with E-state index in [1.165, 1.54) is 32.1 Å². The van der Waals surface area contributed by atoms with Crippen LogP contribution in [-0.4, -0.2) is 23.1 Å². The van der Waals surface area contributed by atoms with Crippen LogP contribution in [0.4, 0.5) is 0 Å². The van der Waals surface area contributed by atoms with Gasteiger partial charge in [0.05, 0.1) is 0 Å². The molecule has 0 saturated carbocycles. The smallest absolute Gasteiger partial charge is 1.00 e. The zero-order chi connectivity index (χ0) is 7.11. The van der Waals surface area contributed by atoms with Gasteiger partial charge in [0.25, 0.3) is 0 Å². The Hall–Kier alpha value is 1.50. The first-order chi connectivity index (χ1) is 4.27. The quantitative estimate of drug-likeness (QED) is 0.292. The molecule has 0 nitrogen and oxygen atoms in total. The Labute approximate surface area is 105 Å². The second-order valence-corrected chi connectivity index (χ2v) is 3.02. The molecule has 0 aromatic heterocycles. The molecule has 2 heteroatoms. The van der Waals surface area contributed by atoms with Crippen molar-refractivity contribution in [1.29, 1.82) is 0 Å². The van der Waals surface area contributed by atoms with Gasteiger partial charge in [0.2, 0.25) is 0 Å². The maximum atomic E-state index is 2.25. The Morgan fingerprint density at radius 2 is 1.55 bits per heavy atom. The number of halogens is 1. The van der Waals surface area contributed by atoms with Crippen LogP contribution in [0.5, 0.6) is 0 Å². The molecule has 0 aliphatic rings. The van der Waals surface area contributed by atoms with E-state index in [2.05, 4.69) is 20.8 Å². The van der Waals surface area contributed by atoms with Crippen LogP contribution in [0, 0.1) is 5.92 Å². The van der Waals surface area contributed by atoms with Crippen LogP contribution >= 0.6 is 0 Å². The van der Waals surface area contributed by atoms with Gasteiger partial charge in [0, 0.05) is 0 Å². The van der Waals surface area contributed by atoms with Gasteiger partial charge >= 0.3 is 23.1 Å². The SMILES string of the molecule is CCCCCC[C-](C)C.[I-].[Mg+2]. The van der Waals surface area contributed by atoms with Crippen molar-refractivity contribution in [2.24, 2.45) is 0 Å². The average molecular weight is 278 g/mol. The molecule has 11 heavy (non-hydrogen) atoms. The van der Waals surface area contributed by atoms with Gasteiger partial charge in [-0.05, 0) is 0 Å². The topological polar surface area (TPSA) is 0 Å². The standard InChI is InChI=1S/C9H19.HI.Mg/c1-4-5-6-7-8-9(2)3;;/h4-8H2,1-3H3;1H;/q-1;;+2/p-1. The van der Waals surface area contributed by atoms with Crippen LogP contribution in [-0.2, 0) is 0 Å². The largest absolute Gasteiger partial charge is 2.00 e. The van der Waals surface area contributed by atoms with Gasteiger partial charge in [-0.1, -0.05) is 32.6 Å². The summed E-state index contributed by atoms with van der Waals surface area (Å²) < 4.78 is 0. The van der Waals surface area contributed by atoms with Crippen LogP contribution in [0.1, 0.15) is 52.9 Å². The van der Waals surface area contributed by atoms with E-state index in [0.29, 0.717) is 0 Å². The predicted octanol–water partition coefficient (Wildman–Crippen LogP) is 0.194. The van der Waals surface area contributed by atoms with Crippen LogP contribution in [0.3, 0.4) is 0 Å². The molecule has 0 aromatic carbocycles. The van der Waals surface area contributed by atoms with E-state index in [1.54, 1.807) is 5.92 Å². The first kappa shape index (κ1) is 18.3.